The van der Waals surface area contributed by atoms with Gasteiger partial charge in [-0.05, 0) is 31.5 Å². The van der Waals surface area contributed by atoms with Crippen molar-refractivity contribution in [2.24, 2.45) is 0 Å². The van der Waals surface area contributed by atoms with Gasteiger partial charge in [-0.1, -0.05) is 0 Å². The number of benzene rings is 1. The highest BCUT2D eigenvalue weighted by atomic mass is 16.5. The molecule has 1 aliphatic heterocycles. The van der Waals surface area contributed by atoms with Crippen molar-refractivity contribution in [2.75, 3.05) is 20.8 Å². The Bertz CT molecular complexity index is 591. The van der Waals surface area contributed by atoms with E-state index in [9.17, 15) is 0 Å². The van der Waals surface area contributed by atoms with E-state index in [1.165, 1.54) is 0 Å². The lowest BCUT2D eigenvalue weighted by Crippen LogP contribution is -2.12. The lowest BCUT2D eigenvalue weighted by atomic mass is 10.2. The second kappa shape index (κ2) is 5.50. The average molecular weight is 275 g/mol. The Morgan fingerprint density at radius 3 is 2.85 bits per heavy atom. The summed E-state index contributed by atoms with van der Waals surface area (Å²) >= 11 is 0. The van der Waals surface area contributed by atoms with E-state index in [1.807, 2.05) is 12.1 Å². The van der Waals surface area contributed by atoms with Gasteiger partial charge in [0.2, 0.25) is 5.89 Å². The second-order valence-electron chi connectivity index (χ2n) is 4.66. The van der Waals surface area contributed by atoms with Crippen LogP contribution in [0, 0.1) is 0 Å². The van der Waals surface area contributed by atoms with Crippen molar-refractivity contribution >= 4 is 0 Å². The first-order valence-electron chi connectivity index (χ1n) is 6.61. The van der Waals surface area contributed by atoms with Crippen LogP contribution in [-0.2, 0) is 0 Å². The molecule has 0 radical (unpaired) electrons. The monoisotopic (exact) mass is 275 g/mol. The van der Waals surface area contributed by atoms with Gasteiger partial charge in [0.25, 0.3) is 5.89 Å². The largest absolute Gasteiger partial charge is 0.497 e. The van der Waals surface area contributed by atoms with Crippen molar-refractivity contribution in [3.8, 4) is 23.0 Å². The van der Waals surface area contributed by atoms with Crippen LogP contribution >= 0.6 is 0 Å². The first kappa shape index (κ1) is 12.9. The quantitative estimate of drug-likeness (QED) is 0.922. The number of hydrogen-bond acceptors (Lipinski definition) is 6. The molecule has 1 aliphatic rings. The van der Waals surface area contributed by atoms with Crippen molar-refractivity contribution in [3.63, 3.8) is 0 Å². The van der Waals surface area contributed by atoms with Gasteiger partial charge >= 0.3 is 0 Å². The fraction of sp³-hybridized carbons (Fsp3) is 0.429. The Morgan fingerprint density at radius 2 is 2.15 bits per heavy atom. The van der Waals surface area contributed by atoms with Gasteiger partial charge in [0.1, 0.15) is 11.5 Å². The maximum absolute atomic E-state index is 5.76. The first-order chi connectivity index (χ1) is 9.81. The number of aromatic nitrogens is 2. The molecule has 0 amide bonds. The van der Waals surface area contributed by atoms with Gasteiger partial charge in [-0.25, -0.2) is 0 Å². The summed E-state index contributed by atoms with van der Waals surface area (Å²) in [6, 6.07) is 5.67. The maximum Gasteiger partial charge on any atom is 0.251 e. The zero-order valence-corrected chi connectivity index (χ0v) is 11.5. The van der Waals surface area contributed by atoms with E-state index in [2.05, 4.69) is 15.5 Å². The van der Waals surface area contributed by atoms with E-state index in [0.29, 0.717) is 17.5 Å². The number of rotatable bonds is 4. The van der Waals surface area contributed by atoms with Gasteiger partial charge < -0.3 is 19.2 Å². The molecule has 6 heteroatoms. The molecule has 1 aromatic carbocycles. The summed E-state index contributed by atoms with van der Waals surface area (Å²) in [5.74, 6) is 2.48. The van der Waals surface area contributed by atoms with Crippen LogP contribution < -0.4 is 14.8 Å². The Labute approximate surface area is 117 Å². The third-order valence-electron chi connectivity index (χ3n) is 3.44. The smallest absolute Gasteiger partial charge is 0.251 e. The number of ether oxygens (including phenoxy) is 2. The van der Waals surface area contributed by atoms with Crippen molar-refractivity contribution in [1.82, 2.24) is 15.5 Å². The maximum atomic E-state index is 5.76. The molecule has 3 rings (SSSR count). The minimum atomic E-state index is 0.167. The summed E-state index contributed by atoms with van der Waals surface area (Å²) in [5, 5.41) is 11.6. The number of nitrogens with one attached hydrogen (secondary N) is 1. The number of methoxy groups -OCH3 is 2. The Morgan fingerprint density at radius 1 is 1.25 bits per heavy atom. The van der Waals surface area contributed by atoms with Crippen LogP contribution in [0.15, 0.2) is 22.6 Å². The minimum absolute atomic E-state index is 0.167. The zero-order valence-electron chi connectivity index (χ0n) is 11.5. The summed E-state index contributed by atoms with van der Waals surface area (Å²) in [6.45, 7) is 0.994. The van der Waals surface area contributed by atoms with Crippen LogP contribution in [0.1, 0.15) is 24.8 Å². The predicted octanol–water partition coefficient (Wildman–Crippen LogP) is 2.18. The van der Waals surface area contributed by atoms with Crippen molar-refractivity contribution in [2.45, 2.75) is 18.9 Å². The molecule has 1 aromatic heterocycles. The third kappa shape index (κ3) is 2.34. The van der Waals surface area contributed by atoms with Gasteiger partial charge in [-0.15, -0.1) is 10.2 Å². The zero-order chi connectivity index (χ0) is 13.9. The molecule has 0 aliphatic carbocycles. The van der Waals surface area contributed by atoms with Crippen molar-refractivity contribution in [3.05, 3.63) is 24.1 Å². The predicted molar refractivity (Wildman–Crippen MR) is 72.8 cm³/mol. The van der Waals surface area contributed by atoms with Crippen LogP contribution in [0.25, 0.3) is 11.5 Å². The molecular weight excluding hydrogens is 258 g/mol. The van der Waals surface area contributed by atoms with Gasteiger partial charge in [0, 0.05) is 6.07 Å². The summed E-state index contributed by atoms with van der Waals surface area (Å²) < 4.78 is 16.3. The molecule has 0 saturated carbocycles. The molecule has 2 heterocycles. The normalized spacial score (nSPS) is 18.2. The SMILES string of the molecule is COc1ccc(-c2nnc(C3CCCN3)o2)c(OC)c1. The van der Waals surface area contributed by atoms with E-state index < -0.39 is 0 Å². The van der Waals surface area contributed by atoms with Gasteiger partial charge in [-0.3, -0.25) is 0 Å². The van der Waals surface area contributed by atoms with Gasteiger partial charge in [-0.2, -0.15) is 0 Å². The molecule has 1 saturated heterocycles. The molecule has 0 bridgehead atoms. The molecule has 0 spiro atoms. The van der Waals surface area contributed by atoms with E-state index >= 15 is 0 Å². The summed E-state index contributed by atoms with van der Waals surface area (Å²) in [6.07, 6.45) is 2.16. The molecule has 1 unspecified atom stereocenters. The van der Waals surface area contributed by atoms with Crippen LogP contribution in [0.4, 0.5) is 0 Å². The molecule has 106 valence electrons. The van der Waals surface area contributed by atoms with Crippen molar-refractivity contribution in [1.29, 1.82) is 0 Å². The highest BCUT2D eigenvalue weighted by Crippen LogP contribution is 2.33. The highest BCUT2D eigenvalue weighted by molar-refractivity contribution is 5.64. The number of hydrogen-bond donors (Lipinski definition) is 1. The van der Waals surface area contributed by atoms with Crippen LogP contribution in [0.2, 0.25) is 0 Å². The molecule has 2 aromatic rings. The molecular formula is C14H17N3O3. The lowest BCUT2D eigenvalue weighted by Gasteiger charge is -2.07. The topological polar surface area (TPSA) is 69.4 Å². The minimum Gasteiger partial charge on any atom is -0.497 e. The molecule has 1 fully saturated rings. The lowest BCUT2D eigenvalue weighted by molar-refractivity contribution is 0.392. The second-order valence-corrected chi connectivity index (χ2v) is 4.66. The van der Waals surface area contributed by atoms with Crippen molar-refractivity contribution < 1.29 is 13.9 Å². The van der Waals surface area contributed by atoms with Gasteiger partial charge in [0.05, 0.1) is 25.8 Å². The van der Waals surface area contributed by atoms with Crippen LogP contribution in [0.3, 0.4) is 0 Å². The third-order valence-corrected chi connectivity index (χ3v) is 3.44. The molecule has 1 atom stereocenters. The highest BCUT2D eigenvalue weighted by Gasteiger charge is 2.23. The number of nitrogens with zero attached hydrogens (tertiary/aromatic N) is 2. The van der Waals surface area contributed by atoms with Gasteiger partial charge in [0.15, 0.2) is 0 Å². The Balaban J connectivity index is 1.92. The molecule has 20 heavy (non-hydrogen) atoms. The Hall–Kier alpha value is -2.08. The Kier molecular flexibility index (Phi) is 3.56. The fourth-order valence-corrected chi connectivity index (χ4v) is 2.35. The summed E-state index contributed by atoms with van der Waals surface area (Å²) in [7, 11) is 3.22. The van der Waals surface area contributed by atoms with E-state index in [-0.39, 0.29) is 6.04 Å². The van der Waals surface area contributed by atoms with E-state index in [1.54, 1.807) is 20.3 Å². The fourth-order valence-electron chi connectivity index (χ4n) is 2.35. The summed E-state index contributed by atoms with van der Waals surface area (Å²) in [4.78, 5) is 0. The van der Waals surface area contributed by atoms with Crippen LogP contribution in [-0.4, -0.2) is 31.0 Å². The van der Waals surface area contributed by atoms with E-state index in [4.69, 9.17) is 13.9 Å². The van der Waals surface area contributed by atoms with Crippen LogP contribution in [0.5, 0.6) is 11.5 Å². The summed E-state index contributed by atoms with van der Waals surface area (Å²) in [5.41, 5.74) is 0.769. The molecule has 6 nitrogen and oxygen atoms in total. The average Bonchev–Trinajstić information content (AvgIpc) is 3.17. The first-order valence-corrected chi connectivity index (χ1v) is 6.61. The van der Waals surface area contributed by atoms with E-state index in [0.717, 1.165) is 30.7 Å². The standard InChI is InChI=1S/C14H17N3O3/c1-18-9-5-6-10(12(8-9)19-2)13-16-17-14(20-13)11-4-3-7-15-11/h5-6,8,11,15H,3-4,7H2,1-2H3. The molecule has 1 N–H and O–H groups in total.